The van der Waals surface area contributed by atoms with Crippen LogP contribution in [0.15, 0.2) is 29.2 Å². The topological polar surface area (TPSA) is 52.7 Å². The number of nitrogens with one attached hydrogen (secondary N) is 1. The van der Waals surface area contributed by atoms with Crippen molar-refractivity contribution >= 4 is 15.5 Å². The average Bonchev–Trinajstić information content (AvgIpc) is 2.46. The Bertz CT molecular complexity index is 618. The highest BCUT2D eigenvalue weighted by atomic mass is 32.2. The summed E-state index contributed by atoms with van der Waals surface area (Å²) in [5.74, 6) is 0. The molecule has 0 aromatic heterocycles. The largest absolute Gasteiger partial charge is 0.369 e. The summed E-state index contributed by atoms with van der Waals surface area (Å²) >= 11 is 0. The summed E-state index contributed by atoms with van der Waals surface area (Å²) in [7, 11) is -3.20. The Morgan fingerprint density at radius 1 is 1.14 bits per heavy atom. The van der Waals surface area contributed by atoms with Crippen LogP contribution < -0.4 is 10.2 Å². The molecule has 1 aromatic carbocycles. The molecule has 0 aliphatic carbocycles. The van der Waals surface area contributed by atoms with Crippen LogP contribution in [0.2, 0.25) is 0 Å². The smallest absolute Gasteiger partial charge is 0.180 e. The van der Waals surface area contributed by atoms with Gasteiger partial charge in [-0.05, 0) is 32.0 Å². The van der Waals surface area contributed by atoms with Crippen molar-refractivity contribution in [3.05, 3.63) is 24.3 Å². The van der Waals surface area contributed by atoms with E-state index < -0.39 is 9.84 Å². The summed E-state index contributed by atoms with van der Waals surface area (Å²) < 4.78 is 24.6. The fourth-order valence-electron chi connectivity index (χ4n) is 3.01. The highest BCUT2D eigenvalue weighted by Gasteiger charge is 2.28. The molecule has 1 aromatic rings. The number of sulfone groups is 1. The number of benzene rings is 1. The van der Waals surface area contributed by atoms with Gasteiger partial charge < -0.3 is 10.2 Å². The van der Waals surface area contributed by atoms with E-state index in [-0.39, 0.29) is 5.25 Å². The third kappa shape index (κ3) is 3.00. The molecule has 0 spiro atoms. The van der Waals surface area contributed by atoms with E-state index in [2.05, 4.69) is 15.1 Å². The van der Waals surface area contributed by atoms with Crippen LogP contribution in [0.5, 0.6) is 0 Å². The number of piperazine rings is 1. The molecule has 2 heterocycles. The van der Waals surface area contributed by atoms with Crippen LogP contribution in [0.1, 0.15) is 13.8 Å². The fourth-order valence-corrected chi connectivity index (χ4v) is 4.10. The minimum absolute atomic E-state index is 0.384. The van der Waals surface area contributed by atoms with Crippen molar-refractivity contribution in [3.63, 3.8) is 0 Å². The summed E-state index contributed by atoms with van der Waals surface area (Å²) in [6, 6.07) is 8.09. The van der Waals surface area contributed by atoms with Crippen LogP contribution in [0, 0.1) is 0 Å². The molecule has 6 heteroatoms. The van der Waals surface area contributed by atoms with Crippen LogP contribution in [-0.4, -0.2) is 63.9 Å². The van der Waals surface area contributed by atoms with Crippen molar-refractivity contribution in [1.82, 2.24) is 10.2 Å². The molecule has 0 saturated carbocycles. The molecular weight excluding hydrogens is 298 g/mol. The summed E-state index contributed by atoms with van der Waals surface area (Å²) in [5.41, 5.74) is 1.02. The first-order valence-electron chi connectivity index (χ1n) is 8.02. The summed E-state index contributed by atoms with van der Waals surface area (Å²) in [4.78, 5) is 5.26. The second-order valence-electron chi connectivity index (χ2n) is 6.43. The van der Waals surface area contributed by atoms with Crippen LogP contribution in [0.4, 0.5) is 5.69 Å². The maximum Gasteiger partial charge on any atom is 0.180 e. The monoisotopic (exact) mass is 323 g/mol. The molecule has 1 N–H and O–H groups in total. The lowest BCUT2D eigenvalue weighted by atomic mass is 10.1. The van der Waals surface area contributed by atoms with Crippen LogP contribution in [-0.2, 0) is 9.84 Å². The predicted molar refractivity (Wildman–Crippen MR) is 89.2 cm³/mol. The maximum atomic E-state index is 12.3. The predicted octanol–water partition coefficient (Wildman–Crippen LogP) is 0.962. The minimum Gasteiger partial charge on any atom is -0.369 e. The molecule has 0 bridgehead atoms. The molecule has 5 nitrogen and oxygen atoms in total. The van der Waals surface area contributed by atoms with Gasteiger partial charge in [-0.25, -0.2) is 8.42 Å². The number of rotatable bonds is 4. The van der Waals surface area contributed by atoms with E-state index in [1.807, 2.05) is 18.2 Å². The zero-order valence-corrected chi connectivity index (χ0v) is 14.1. The summed E-state index contributed by atoms with van der Waals surface area (Å²) in [6.07, 6.45) is 0. The van der Waals surface area contributed by atoms with Gasteiger partial charge in [0.25, 0.3) is 0 Å². The van der Waals surface area contributed by atoms with E-state index in [0.29, 0.717) is 10.9 Å². The van der Waals surface area contributed by atoms with Crippen molar-refractivity contribution in [2.45, 2.75) is 30.0 Å². The summed E-state index contributed by atoms with van der Waals surface area (Å²) in [6.45, 7) is 9.68. The van der Waals surface area contributed by atoms with Crippen molar-refractivity contribution in [3.8, 4) is 0 Å². The van der Waals surface area contributed by atoms with Gasteiger partial charge >= 0.3 is 0 Å². The Hall–Kier alpha value is -1.11. The molecule has 0 radical (unpaired) electrons. The SMILES string of the molecule is CC(C)S(=O)(=O)c1cccc(N2CCN(C3CNC3)CC2)c1. The Morgan fingerprint density at radius 2 is 1.82 bits per heavy atom. The second-order valence-corrected chi connectivity index (χ2v) is 8.93. The Labute approximate surface area is 133 Å². The van der Waals surface area contributed by atoms with Crippen molar-refractivity contribution < 1.29 is 8.42 Å². The minimum atomic E-state index is -3.20. The molecule has 2 aliphatic rings. The first-order chi connectivity index (χ1) is 10.5. The van der Waals surface area contributed by atoms with E-state index in [0.717, 1.165) is 45.0 Å². The quantitative estimate of drug-likeness (QED) is 0.894. The van der Waals surface area contributed by atoms with Gasteiger partial charge in [0.2, 0.25) is 0 Å². The van der Waals surface area contributed by atoms with Gasteiger partial charge in [-0.15, -0.1) is 0 Å². The highest BCUT2D eigenvalue weighted by Crippen LogP contribution is 2.24. The number of hydrogen-bond donors (Lipinski definition) is 1. The molecule has 2 saturated heterocycles. The van der Waals surface area contributed by atoms with E-state index >= 15 is 0 Å². The third-order valence-corrected chi connectivity index (χ3v) is 6.87. The van der Waals surface area contributed by atoms with Gasteiger partial charge in [-0.1, -0.05) is 6.07 Å². The van der Waals surface area contributed by atoms with E-state index in [9.17, 15) is 8.42 Å². The third-order valence-electron chi connectivity index (χ3n) is 4.72. The zero-order chi connectivity index (χ0) is 15.7. The molecule has 122 valence electrons. The molecule has 3 rings (SSSR count). The Morgan fingerprint density at radius 3 is 2.36 bits per heavy atom. The van der Waals surface area contributed by atoms with Gasteiger partial charge in [-0.2, -0.15) is 0 Å². The molecule has 2 fully saturated rings. The zero-order valence-electron chi connectivity index (χ0n) is 13.3. The molecule has 0 amide bonds. The highest BCUT2D eigenvalue weighted by molar-refractivity contribution is 7.92. The van der Waals surface area contributed by atoms with Crippen molar-refractivity contribution in [2.75, 3.05) is 44.2 Å². The Balaban J connectivity index is 1.71. The summed E-state index contributed by atoms with van der Waals surface area (Å²) in [5, 5.41) is 2.93. The lowest BCUT2D eigenvalue weighted by Crippen LogP contribution is -2.61. The van der Waals surface area contributed by atoms with Gasteiger partial charge in [0, 0.05) is 51.0 Å². The average molecular weight is 323 g/mol. The van der Waals surface area contributed by atoms with Crippen molar-refractivity contribution in [1.29, 1.82) is 0 Å². The van der Waals surface area contributed by atoms with Gasteiger partial charge in [0.15, 0.2) is 9.84 Å². The first-order valence-corrected chi connectivity index (χ1v) is 9.57. The number of nitrogens with zero attached hydrogens (tertiary/aromatic N) is 2. The molecule has 2 aliphatic heterocycles. The number of hydrogen-bond acceptors (Lipinski definition) is 5. The van der Waals surface area contributed by atoms with E-state index in [1.165, 1.54) is 0 Å². The lowest BCUT2D eigenvalue weighted by molar-refractivity contribution is 0.138. The second kappa shape index (κ2) is 6.18. The van der Waals surface area contributed by atoms with Crippen LogP contribution in [0.3, 0.4) is 0 Å². The van der Waals surface area contributed by atoms with Crippen molar-refractivity contribution in [2.24, 2.45) is 0 Å². The Kier molecular flexibility index (Phi) is 4.43. The first kappa shape index (κ1) is 15.8. The molecule has 22 heavy (non-hydrogen) atoms. The van der Waals surface area contributed by atoms with Crippen LogP contribution in [0.25, 0.3) is 0 Å². The maximum absolute atomic E-state index is 12.3. The van der Waals surface area contributed by atoms with E-state index in [4.69, 9.17) is 0 Å². The lowest BCUT2D eigenvalue weighted by Gasteiger charge is -2.44. The number of anilines is 1. The standard InChI is InChI=1S/C16H25N3O2S/c1-13(2)22(20,21)16-5-3-4-14(10-16)18-6-8-19(9-7-18)15-11-17-12-15/h3-5,10,13,15,17H,6-9,11-12H2,1-2H3. The van der Waals surface area contributed by atoms with Crippen LogP contribution >= 0.6 is 0 Å². The van der Waals surface area contributed by atoms with E-state index in [1.54, 1.807) is 19.9 Å². The van der Waals surface area contributed by atoms with Gasteiger partial charge in [0.1, 0.15) is 0 Å². The molecule has 0 atom stereocenters. The molecular formula is C16H25N3O2S. The fraction of sp³-hybridized carbons (Fsp3) is 0.625. The van der Waals surface area contributed by atoms with Gasteiger partial charge in [0.05, 0.1) is 10.1 Å². The molecule has 0 unspecified atom stereocenters. The van der Waals surface area contributed by atoms with Gasteiger partial charge in [-0.3, -0.25) is 4.90 Å². The normalized spacial score (nSPS) is 21.1.